The van der Waals surface area contributed by atoms with Crippen molar-refractivity contribution in [1.29, 1.82) is 0 Å². The first-order valence-corrected chi connectivity index (χ1v) is 7.60. The summed E-state index contributed by atoms with van der Waals surface area (Å²) < 4.78 is 5.58. The molecule has 6 nitrogen and oxygen atoms in total. The zero-order chi connectivity index (χ0) is 15.8. The minimum Gasteiger partial charge on any atom is -0.376 e. The molecular weight excluding hydrogens is 280 g/mol. The third-order valence-electron chi connectivity index (χ3n) is 3.62. The molecule has 1 unspecified atom stereocenters. The third-order valence-corrected chi connectivity index (χ3v) is 3.62. The van der Waals surface area contributed by atoms with Gasteiger partial charge in [0.1, 0.15) is 0 Å². The number of hydrogen-bond acceptors (Lipinski definition) is 3. The zero-order valence-electron chi connectivity index (χ0n) is 13.2. The van der Waals surface area contributed by atoms with E-state index < -0.39 is 0 Å². The van der Waals surface area contributed by atoms with Gasteiger partial charge in [0.05, 0.1) is 6.10 Å². The van der Waals surface area contributed by atoms with Crippen LogP contribution in [0.25, 0.3) is 0 Å². The van der Waals surface area contributed by atoms with Gasteiger partial charge in [-0.3, -0.25) is 9.79 Å². The highest BCUT2D eigenvalue weighted by Gasteiger charge is 2.15. The minimum atomic E-state index is -0.0808. The Bertz CT molecular complexity index is 525. The largest absolute Gasteiger partial charge is 0.376 e. The molecule has 1 aromatic carbocycles. The van der Waals surface area contributed by atoms with Crippen LogP contribution in [0.1, 0.15) is 28.8 Å². The lowest BCUT2D eigenvalue weighted by Gasteiger charge is -2.15. The van der Waals surface area contributed by atoms with E-state index in [9.17, 15) is 4.79 Å². The lowest BCUT2D eigenvalue weighted by Crippen LogP contribution is -2.40. The van der Waals surface area contributed by atoms with E-state index in [-0.39, 0.29) is 12.0 Å². The van der Waals surface area contributed by atoms with Crippen LogP contribution >= 0.6 is 0 Å². The summed E-state index contributed by atoms with van der Waals surface area (Å²) in [4.78, 5) is 15.8. The number of rotatable bonds is 5. The van der Waals surface area contributed by atoms with Crippen LogP contribution in [0.2, 0.25) is 0 Å². The van der Waals surface area contributed by atoms with Crippen molar-refractivity contribution >= 4 is 11.9 Å². The van der Waals surface area contributed by atoms with Gasteiger partial charge in [-0.25, -0.2) is 0 Å². The first-order chi connectivity index (χ1) is 10.7. The van der Waals surface area contributed by atoms with Gasteiger partial charge in [0.2, 0.25) is 0 Å². The van der Waals surface area contributed by atoms with Crippen molar-refractivity contribution in [3.8, 4) is 0 Å². The van der Waals surface area contributed by atoms with Crippen molar-refractivity contribution in [2.45, 2.75) is 25.5 Å². The number of amides is 1. The Hall–Kier alpha value is -2.08. The zero-order valence-corrected chi connectivity index (χ0v) is 13.2. The summed E-state index contributed by atoms with van der Waals surface area (Å²) >= 11 is 0. The molecule has 0 radical (unpaired) electrons. The summed E-state index contributed by atoms with van der Waals surface area (Å²) in [6.07, 6.45) is 2.50. The van der Waals surface area contributed by atoms with Crippen molar-refractivity contribution in [1.82, 2.24) is 16.0 Å². The van der Waals surface area contributed by atoms with Gasteiger partial charge in [-0.2, -0.15) is 0 Å². The Labute approximate surface area is 131 Å². The molecule has 1 aliphatic heterocycles. The maximum atomic E-state index is 11.6. The van der Waals surface area contributed by atoms with Gasteiger partial charge >= 0.3 is 0 Å². The summed E-state index contributed by atoms with van der Waals surface area (Å²) in [5.74, 6) is 0.656. The smallest absolute Gasteiger partial charge is 0.251 e. The molecule has 1 atom stereocenters. The second-order valence-electron chi connectivity index (χ2n) is 5.22. The number of carbonyl (C=O) groups is 1. The van der Waals surface area contributed by atoms with Crippen molar-refractivity contribution in [3.05, 3.63) is 35.4 Å². The van der Waals surface area contributed by atoms with E-state index in [0.717, 1.165) is 37.5 Å². The van der Waals surface area contributed by atoms with Crippen LogP contribution in [0.5, 0.6) is 0 Å². The first-order valence-electron chi connectivity index (χ1n) is 7.60. The lowest BCUT2D eigenvalue weighted by molar-refractivity contribution is 0.0963. The van der Waals surface area contributed by atoms with Crippen LogP contribution in [0.4, 0.5) is 0 Å². The molecule has 0 spiro atoms. The van der Waals surface area contributed by atoms with Gasteiger partial charge in [0.25, 0.3) is 5.91 Å². The summed E-state index contributed by atoms with van der Waals surface area (Å²) in [6, 6.07) is 7.53. The molecule has 1 aromatic rings. The number of nitrogens with zero attached hydrogens (tertiary/aromatic N) is 1. The van der Waals surface area contributed by atoms with Crippen LogP contribution < -0.4 is 16.0 Å². The molecule has 1 saturated heterocycles. The summed E-state index contributed by atoms with van der Waals surface area (Å²) in [5.41, 5.74) is 1.69. The Kier molecular flexibility index (Phi) is 6.21. The second-order valence-corrected chi connectivity index (χ2v) is 5.22. The van der Waals surface area contributed by atoms with Crippen molar-refractivity contribution in [3.63, 3.8) is 0 Å². The molecule has 22 heavy (non-hydrogen) atoms. The molecule has 1 aliphatic rings. The maximum absolute atomic E-state index is 11.6. The van der Waals surface area contributed by atoms with Gasteiger partial charge in [-0.15, -0.1) is 0 Å². The summed E-state index contributed by atoms with van der Waals surface area (Å²) in [5, 5.41) is 9.14. The first kappa shape index (κ1) is 16.3. The number of aliphatic imine (C=N–C) groups is 1. The van der Waals surface area contributed by atoms with E-state index in [0.29, 0.717) is 12.1 Å². The van der Waals surface area contributed by atoms with Crippen molar-refractivity contribution < 1.29 is 9.53 Å². The highest BCUT2D eigenvalue weighted by Crippen LogP contribution is 2.10. The predicted octanol–water partition coefficient (Wildman–Crippen LogP) is 0.890. The number of ether oxygens (including phenoxy) is 1. The van der Waals surface area contributed by atoms with E-state index in [1.165, 1.54) is 0 Å². The highest BCUT2D eigenvalue weighted by molar-refractivity contribution is 5.94. The Morgan fingerprint density at radius 2 is 2.27 bits per heavy atom. The Morgan fingerprint density at radius 3 is 2.95 bits per heavy atom. The Morgan fingerprint density at radius 1 is 1.41 bits per heavy atom. The van der Waals surface area contributed by atoms with Crippen LogP contribution in [0.15, 0.2) is 29.3 Å². The summed E-state index contributed by atoms with van der Waals surface area (Å²) in [6.45, 7) is 2.22. The average Bonchev–Trinajstić information content (AvgIpc) is 3.08. The maximum Gasteiger partial charge on any atom is 0.251 e. The highest BCUT2D eigenvalue weighted by atomic mass is 16.5. The lowest BCUT2D eigenvalue weighted by atomic mass is 10.1. The molecular formula is C16H24N4O2. The van der Waals surface area contributed by atoms with Crippen molar-refractivity contribution in [2.75, 3.05) is 27.2 Å². The molecule has 2 rings (SSSR count). The molecule has 120 valence electrons. The molecule has 0 aromatic heterocycles. The number of benzene rings is 1. The van der Waals surface area contributed by atoms with E-state index in [1.807, 2.05) is 18.2 Å². The minimum absolute atomic E-state index is 0.0808. The molecule has 1 heterocycles. The number of nitrogens with one attached hydrogen (secondary N) is 3. The average molecular weight is 304 g/mol. The van der Waals surface area contributed by atoms with E-state index in [4.69, 9.17) is 4.74 Å². The predicted molar refractivity (Wildman–Crippen MR) is 87.0 cm³/mol. The monoisotopic (exact) mass is 304 g/mol. The summed E-state index contributed by atoms with van der Waals surface area (Å²) in [7, 11) is 3.37. The number of hydrogen-bond donors (Lipinski definition) is 3. The fraction of sp³-hybridized carbons (Fsp3) is 0.500. The van der Waals surface area contributed by atoms with E-state index in [2.05, 4.69) is 20.9 Å². The van der Waals surface area contributed by atoms with Crippen LogP contribution in [0.3, 0.4) is 0 Å². The molecule has 3 N–H and O–H groups in total. The molecule has 1 fully saturated rings. The molecule has 6 heteroatoms. The van der Waals surface area contributed by atoms with Gasteiger partial charge in [0, 0.05) is 39.4 Å². The van der Waals surface area contributed by atoms with Crippen molar-refractivity contribution in [2.24, 2.45) is 4.99 Å². The van der Waals surface area contributed by atoms with Gasteiger partial charge < -0.3 is 20.7 Å². The van der Waals surface area contributed by atoms with Gasteiger partial charge in [-0.05, 0) is 30.5 Å². The standard InChI is InChI=1S/C16H24N4O2/c1-17-15(21)13-6-3-5-12(9-13)10-19-16(18-2)20-11-14-7-4-8-22-14/h3,5-6,9,14H,4,7-8,10-11H2,1-2H3,(H,17,21)(H2,18,19,20). The number of carbonyl (C=O) groups excluding carboxylic acids is 1. The number of guanidine groups is 1. The van der Waals surface area contributed by atoms with Crippen LogP contribution in [-0.4, -0.2) is 45.2 Å². The van der Waals surface area contributed by atoms with Crippen LogP contribution in [0, 0.1) is 0 Å². The Balaban J connectivity index is 1.83. The fourth-order valence-electron chi connectivity index (χ4n) is 2.39. The fourth-order valence-corrected chi connectivity index (χ4v) is 2.39. The quantitative estimate of drug-likeness (QED) is 0.558. The van der Waals surface area contributed by atoms with E-state index >= 15 is 0 Å². The SMILES string of the molecule is CN=C(NCc1cccc(C(=O)NC)c1)NCC1CCCO1. The van der Waals surface area contributed by atoms with E-state index in [1.54, 1.807) is 20.2 Å². The van der Waals surface area contributed by atoms with Gasteiger partial charge in [0.15, 0.2) is 5.96 Å². The molecule has 0 saturated carbocycles. The third kappa shape index (κ3) is 4.73. The molecule has 1 amide bonds. The molecule has 0 aliphatic carbocycles. The van der Waals surface area contributed by atoms with Crippen LogP contribution in [-0.2, 0) is 11.3 Å². The normalized spacial score (nSPS) is 18.1. The molecule has 0 bridgehead atoms. The van der Waals surface area contributed by atoms with Gasteiger partial charge in [-0.1, -0.05) is 12.1 Å². The topological polar surface area (TPSA) is 74.8 Å². The second kappa shape index (κ2) is 8.38.